The van der Waals surface area contributed by atoms with Gasteiger partial charge >= 0.3 is 0 Å². The van der Waals surface area contributed by atoms with Crippen molar-refractivity contribution in [3.63, 3.8) is 0 Å². The van der Waals surface area contributed by atoms with Gasteiger partial charge in [-0.2, -0.15) is 0 Å². The van der Waals surface area contributed by atoms with E-state index in [1.54, 1.807) is 17.0 Å². The van der Waals surface area contributed by atoms with Crippen LogP contribution in [0.5, 0.6) is 5.75 Å². The Morgan fingerprint density at radius 3 is 2.60 bits per heavy atom. The maximum atomic E-state index is 13.0. The minimum absolute atomic E-state index is 0.0163. The SMILES string of the molecule is C#CCOc1ccc(Cl)cc1C(=O)N1CCC(C(=O)NCC/C=C/S(=O)(=O)c2ccc(Cl)cc2)C1. The monoisotopic (exact) mass is 534 g/mol. The predicted molar refractivity (Wildman–Crippen MR) is 135 cm³/mol. The van der Waals surface area contributed by atoms with E-state index in [2.05, 4.69) is 11.2 Å². The molecule has 1 aliphatic heterocycles. The van der Waals surface area contributed by atoms with Crippen LogP contribution < -0.4 is 10.1 Å². The smallest absolute Gasteiger partial charge is 0.257 e. The number of carbonyl (C=O) groups is 2. The Balaban J connectivity index is 1.50. The zero-order valence-electron chi connectivity index (χ0n) is 18.7. The summed E-state index contributed by atoms with van der Waals surface area (Å²) in [7, 11) is -3.58. The number of hydrogen-bond acceptors (Lipinski definition) is 5. The number of amides is 2. The largest absolute Gasteiger partial charge is 0.480 e. The maximum absolute atomic E-state index is 13.0. The van der Waals surface area contributed by atoms with E-state index in [1.165, 1.54) is 36.4 Å². The van der Waals surface area contributed by atoms with Crippen molar-refractivity contribution in [3.8, 4) is 18.1 Å². The van der Waals surface area contributed by atoms with Crippen LogP contribution in [0.15, 0.2) is 58.8 Å². The van der Waals surface area contributed by atoms with Gasteiger partial charge in [-0.1, -0.05) is 35.2 Å². The Hall–Kier alpha value is -2.99. The minimum Gasteiger partial charge on any atom is -0.480 e. The highest BCUT2D eigenvalue weighted by Crippen LogP contribution is 2.27. The van der Waals surface area contributed by atoms with Crippen LogP contribution in [0.4, 0.5) is 0 Å². The van der Waals surface area contributed by atoms with Crippen LogP contribution in [-0.2, 0) is 14.6 Å². The zero-order chi connectivity index (χ0) is 25.4. The number of nitrogens with one attached hydrogen (secondary N) is 1. The molecular formula is C25H24Cl2N2O5S. The third-order valence-electron chi connectivity index (χ3n) is 5.36. The molecule has 3 rings (SSSR count). The van der Waals surface area contributed by atoms with Crippen LogP contribution in [0, 0.1) is 18.3 Å². The number of carbonyl (C=O) groups excluding carboxylic acids is 2. The van der Waals surface area contributed by atoms with E-state index in [-0.39, 0.29) is 42.3 Å². The second-order valence-electron chi connectivity index (χ2n) is 7.82. The molecule has 2 aromatic rings. The maximum Gasteiger partial charge on any atom is 0.257 e. The average molecular weight is 535 g/mol. The summed E-state index contributed by atoms with van der Waals surface area (Å²) in [6.07, 6.45) is 7.58. The van der Waals surface area contributed by atoms with Gasteiger partial charge < -0.3 is 15.0 Å². The van der Waals surface area contributed by atoms with Gasteiger partial charge in [-0.25, -0.2) is 8.42 Å². The number of nitrogens with zero attached hydrogens (tertiary/aromatic N) is 1. The molecule has 1 fully saturated rings. The summed E-state index contributed by atoms with van der Waals surface area (Å²) < 4.78 is 30.0. The number of likely N-dealkylation sites (tertiary alicyclic amines) is 1. The molecule has 7 nitrogen and oxygen atoms in total. The second-order valence-corrected chi connectivity index (χ2v) is 10.5. The Bertz CT molecular complexity index is 1250. The van der Waals surface area contributed by atoms with E-state index >= 15 is 0 Å². The number of rotatable bonds is 9. The lowest BCUT2D eigenvalue weighted by atomic mass is 10.1. The van der Waals surface area contributed by atoms with Crippen LogP contribution >= 0.6 is 23.2 Å². The molecule has 1 unspecified atom stereocenters. The molecule has 2 aromatic carbocycles. The van der Waals surface area contributed by atoms with Crippen LogP contribution in [0.2, 0.25) is 10.0 Å². The lowest BCUT2D eigenvalue weighted by molar-refractivity contribution is -0.124. The van der Waals surface area contributed by atoms with Gasteiger partial charge in [0, 0.05) is 35.1 Å². The molecule has 1 heterocycles. The molecule has 1 saturated heterocycles. The van der Waals surface area contributed by atoms with Crippen molar-refractivity contribution in [1.29, 1.82) is 0 Å². The van der Waals surface area contributed by atoms with E-state index in [1.807, 2.05) is 0 Å². The molecule has 1 N–H and O–H groups in total. The summed E-state index contributed by atoms with van der Waals surface area (Å²) in [5, 5.41) is 4.75. The van der Waals surface area contributed by atoms with Gasteiger partial charge in [-0.3, -0.25) is 9.59 Å². The Morgan fingerprint density at radius 2 is 1.89 bits per heavy atom. The number of hydrogen-bond donors (Lipinski definition) is 1. The normalized spacial score (nSPS) is 15.7. The number of sulfone groups is 1. The van der Waals surface area contributed by atoms with Gasteiger partial charge in [0.25, 0.3) is 5.91 Å². The van der Waals surface area contributed by atoms with Crippen LogP contribution in [0.25, 0.3) is 0 Å². The first kappa shape index (κ1) is 26.6. The second kappa shape index (κ2) is 12.1. The van der Waals surface area contributed by atoms with E-state index in [0.29, 0.717) is 40.7 Å². The quantitative estimate of drug-likeness (QED) is 0.388. The number of terminal acetylenes is 1. The van der Waals surface area contributed by atoms with Crippen molar-refractivity contribution in [2.45, 2.75) is 17.7 Å². The van der Waals surface area contributed by atoms with E-state index < -0.39 is 9.84 Å². The molecule has 1 atom stereocenters. The van der Waals surface area contributed by atoms with Gasteiger partial charge in [-0.05, 0) is 55.3 Å². The van der Waals surface area contributed by atoms with Gasteiger partial charge in [0.2, 0.25) is 5.91 Å². The van der Waals surface area contributed by atoms with Gasteiger partial charge in [0.05, 0.1) is 16.4 Å². The molecule has 1 aliphatic rings. The van der Waals surface area contributed by atoms with Crippen LogP contribution in [0.1, 0.15) is 23.2 Å². The Morgan fingerprint density at radius 1 is 1.17 bits per heavy atom. The molecule has 10 heteroatoms. The summed E-state index contributed by atoms with van der Waals surface area (Å²) in [5.74, 6) is 1.85. The fourth-order valence-corrected chi connectivity index (χ4v) is 4.92. The van der Waals surface area contributed by atoms with E-state index in [0.717, 1.165) is 5.41 Å². The molecule has 0 aliphatic carbocycles. The average Bonchev–Trinajstić information content (AvgIpc) is 3.33. The van der Waals surface area contributed by atoms with E-state index in [4.69, 9.17) is 34.4 Å². The van der Waals surface area contributed by atoms with Gasteiger partial charge in [0.15, 0.2) is 9.84 Å². The fourth-order valence-electron chi connectivity index (χ4n) is 3.56. The highest BCUT2D eigenvalue weighted by Gasteiger charge is 2.32. The number of ether oxygens (including phenoxy) is 1. The summed E-state index contributed by atoms with van der Waals surface area (Å²) >= 11 is 11.8. The van der Waals surface area contributed by atoms with Crippen molar-refractivity contribution < 1.29 is 22.7 Å². The topological polar surface area (TPSA) is 92.8 Å². The molecule has 0 radical (unpaired) electrons. The lowest BCUT2D eigenvalue weighted by Gasteiger charge is -2.18. The third-order valence-corrected chi connectivity index (χ3v) is 7.32. The first-order valence-corrected chi connectivity index (χ1v) is 13.1. The Kier molecular flexibility index (Phi) is 9.21. The summed E-state index contributed by atoms with van der Waals surface area (Å²) in [4.78, 5) is 27.3. The first-order valence-electron chi connectivity index (χ1n) is 10.8. The van der Waals surface area contributed by atoms with Crippen LogP contribution in [-0.4, -0.2) is 51.4 Å². The predicted octanol–water partition coefficient (Wildman–Crippen LogP) is 3.96. The number of halogens is 2. The molecule has 0 bridgehead atoms. The van der Waals surface area contributed by atoms with E-state index in [9.17, 15) is 18.0 Å². The number of benzene rings is 2. The molecule has 2 amide bonds. The minimum atomic E-state index is -3.58. The van der Waals surface area contributed by atoms with Crippen LogP contribution in [0.3, 0.4) is 0 Å². The van der Waals surface area contributed by atoms with Gasteiger partial charge in [-0.15, -0.1) is 6.42 Å². The van der Waals surface area contributed by atoms with Crippen molar-refractivity contribution in [3.05, 3.63) is 69.6 Å². The molecular weight excluding hydrogens is 511 g/mol. The fraction of sp³-hybridized carbons (Fsp3) is 0.280. The van der Waals surface area contributed by atoms with Crippen molar-refractivity contribution >= 4 is 44.9 Å². The van der Waals surface area contributed by atoms with Crippen molar-refractivity contribution in [2.24, 2.45) is 5.92 Å². The summed E-state index contributed by atoms with van der Waals surface area (Å²) in [6.45, 7) is 0.959. The highest BCUT2D eigenvalue weighted by molar-refractivity contribution is 7.94. The first-order chi connectivity index (χ1) is 16.7. The third kappa shape index (κ3) is 7.25. The molecule has 0 saturated carbocycles. The molecule has 184 valence electrons. The van der Waals surface area contributed by atoms with Gasteiger partial charge in [0.1, 0.15) is 12.4 Å². The summed E-state index contributed by atoms with van der Waals surface area (Å²) in [5.41, 5.74) is 0.292. The van der Waals surface area contributed by atoms with Crippen molar-refractivity contribution in [1.82, 2.24) is 10.2 Å². The Labute approximate surface area is 215 Å². The standard InChI is InChI=1S/C25H24Cl2N2O5S/c1-2-14-34-23-10-7-20(27)16-22(23)25(31)29-13-11-18(17-29)24(30)28-12-3-4-15-35(32,33)21-8-5-19(26)6-9-21/h1,4-10,15-16,18H,3,11-14,17H2,(H,28,30)/b15-4+. The molecule has 35 heavy (non-hydrogen) atoms. The van der Waals surface area contributed by atoms with Crippen molar-refractivity contribution in [2.75, 3.05) is 26.2 Å². The zero-order valence-corrected chi connectivity index (χ0v) is 21.1. The molecule has 0 aromatic heterocycles. The summed E-state index contributed by atoms with van der Waals surface area (Å²) in [6, 6.07) is 10.6. The highest BCUT2D eigenvalue weighted by atomic mass is 35.5. The molecule has 0 spiro atoms. The lowest BCUT2D eigenvalue weighted by Crippen LogP contribution is -2.35.